The van der Waals surface area contributed by atoms with Gasteiger partial charge in [-0.05, 0) is 0 Å². The average Bonchev–Trinajstić information content (AvgIpc) is 2.59. The van der Waals surface area contributed by atoms with Crippen LogP contribution in [0.1, 0.15) is 10.7 Å². The molecule has 1 N–H and O–H groups in total. The lowest BCUT2D eigenvalue weighted by atomic mass is 10.4. The molecule has 0 radical (unpaired) electrons. The van der Waals surface area contributed by atoms with E-state index in [1.54, 1.807) is 5.38 Å². The molecule has 1 aromatic heterocycles. The largest absolute Gasteiger partial charge is 0.411 e. The maximum Gasteiger partial charge on any atom is 0.411 e. The van der Waals surface area contributed by atoms with Crippen molar-refractivity contribution in [1.29, 1.82) is 0 Å². The minimum absolute atomic E-state index is 0.0160. The fourth-order valence-electron chi connectivity index (χ4n) is 0.884. The van der Waals surface area contributed by atoms with E-state index in [2.05, 4.69) is 9.72 Å². The number of hydrogen-bond acceptors (Lipinski definition) is 4. The van der Waals surface area contributed by atoms with Crippen LogP contribution in [0, 0.1) is 0 Å². The summed E-state index contributed by atoms with van der Waals surface area (Å²) in [4.78, 5) is 3.97. The Morgan fingerprint density at radius 3 is 2.73 bits per heavy atom. The molecule has 3 nitrogen and oxygen atoms in total. The molecule has 7 heteroatoms. The number of rotatable bonds is 5. The number of ether oxygens (including phenoxy) is 1. The Hall–Kier alpha value is -0.660. The van der Waals surface area contributed by atoms with Crippen molar-refractivity contribution in [3.8, 4) is 0 Å². The van der Waals surface area contributed by atoms with E-state index < -0.39 is 12.8 Å². The highest BCUT2D eigenvalue weighted by Gasteiger charge is 2.27. The molecule has 0 fully saturated rings. The number of nitrogens with zero attached hydrogens (tertiary/aromatic N) is 1. The molecule has 1 rings (SSSR count). The van der Waals surface area contributed by atoms with Crippen molar-refractivity contribution in [2.75, 3.05) is 13.2 Å². The number of hydrogen-bond donors (Lipinski definition) is 1. The Labute approximate surface area is 88.5 Å². The van der Waals surface area contributed by atoms with E-state index >= 15 is 0 Å². The van der Waals surface area contributed by atoms with E-state index in [4.69, 9.17) is 5.11 Å². The van der Waals surface area contributed by atoms with Crippen LogP contribution in [0.25, 0.3) is 0 Å². The Morgan fingerprint density at radius 2 is 2.20 bits per heavy atom. The fourth-order valence-corrected chi connectivity index (χ4v) is 1.65. The van der Waals surface area contributed by atoms with Crippen LogP contribution in [0.2, 0.25) is 0 Å². The average molecular weight is 241 g/mol. The van der Waals surface area contributed by atoms with Crippen LogP contribution >= 0.6 is 11.3 Å². The normalized spacial score (nSPS) is 12.0. The minimum Gasteiger partial charge on any atom is -0.390 e. The third-order valence-electron chi connectivity index (χ3n) is 1.49. The van der Waals surface area contributed by atoms with Crippen molar-refractivity contribution < 1.29 is 23.0 Å². The molecule has 0 aliphatic heterocycles. The van der Waals surface area contributed by atoms with Crippen LogP contribution in [0.5, 0.6) is 0 Å². The first-order valence-electron chi connectivity index (χ1n) is 4.20. The summed E-state index contributed by atoms with van der Waals surface area (Å²) in [6.07, 6.45) is -3.94. The van der Waals surface area contributed by atoms with Gasteiger partial charge in [0.05, 0.1) is 23.9 Å². The molecule has 0 aliphatic rings. The Balaban J connectivity index is 2.20. The standard InChI is InChI=1S/C8H10F3NO2S/c9-8(10,11)5-14-2-1-7-12-6(3-13)4-15-7/h4,13H,1-3,5H2. The molecule has 0 spiro atoms. The highest BCUT2D eigenvalue weighted by molar-refractivity contribution is 7.09. The van der Waals surface area contributed by atoms with Crippen LogP contribution in [-0.4, -0.2) is 29.5 Å². The third-order valence-corrected chi connectivity index (χ3v) is 2.44. The Morgan fingerprint density at radius 1 is 1.47 bits per heavy atom. The summed E-state index contributed by atoms with van der Waals surface area (Å²) in [5, 5.41) is 11.0. The van der Waals surface area contributed by atoms with E-state index in [0.29, 0.717) is 17.1 Å². The molecule has 1 aromatic rings. The molecule has 86 valence electrons. The second-order valence-electron chi connectivity index (χ2n) is 2.81. The van der Waals surface area contributed by atoms with Gasteiger partial charge in [0.15, 0.2) is 0 Å². The summed E-state index contributed by atoms with van der Waals surface area (Å²) >= 11 is 1.30. The van der Waals surface area contributed by atoms with Crippen molar-refractivity contribution in [2.24, 2.45) is 0 Å². The highest BCUT2D eigenvalue weighted by atomic mass is 32.1. The molecule has 15 heavy (non-hydrogen) atoms. The number of halogens is 3. The van der Waals surface area contributed by atoms with Crippen LogP contribution < -0.4 is 0 Å². The van der Waals surface area contributed by atoms with Gasteiger partial charge in [0.1, 0.15) is 6.61 Å². The molecule has 0 amide bonds. The third kappa shape index (κ3) is 5.10. The van der Waals surface area contributed by atoms with Gasteiger partial charge in [-0.15, -0.1) is 11.3 Å². The van der Waals surface area contributed by atoms with Gasteiger partial charge in [-0.3, -0.25) is 0 Å². The zero-order valence-electron chi connectivity index (χ0n) is 7.75. The van der Waals surface area contributed by atoms with Gasteiger partial charge >= 0.3 is 6.18 Å². The van der Waals surface area contributed by atoms with E-state index in [0.717, 1.165) is 0 Å². The molecular weight excluding hydrogens is 231 g/mol. The van der Waals surface area contributed by atoms with Gasteiger partial charge < -0.3 is 9.84 Å². The zero-order chi connectivity index (χ0) is 11.3. The van der Waals surface area contributed by atoms with Crippen LogP contribution in [-0.2, 0) is 17.8 Å². The first kappa shape index (κ1) is 12.4. The van der Waals surface area contributed by atoms with Gasteiger partial charge in [-0.1, -0.05) is 0 Å². The second-order valence-corrected chi connectivity index (χ2v) is 3.75. The minimum atomic E-state index is -4.28. The smallest absolute Gasteiger partial charge is 0.390 e. The van der Waals surface area contributed by atoms with Crippen LogP contribution in [0.15, 0.2) is 5.38 Å². The lowest BCUT2D eigenvalue weighted by Crippen LogP contribution is -2.17. The number of aliphatic hydroxyl groups excluding tert-OH is 1. The molecular formula is C8H10F3NO2S. The van der Waals surface area contributed by atoms with E-state index in [1.807, 2.05) is 0 Å². The number of thiazole rings is 1. The molecule has 0 aromatic carbocycles. The first-order valence-corrected chi connectivity index (χ1v) is 5.08. The predicted molar refractivity (Wildman–Crippen MR) is 48.6 cm³/mol. The Bertz CT molecular complexity index is 300. The maximum atomic E-state index is 11.7. The van der Waals surface area contributed by atoms with E-state index in [1.165, 1.54) is 11.3 Å². The molecule has 0 saturated heterocycles. The summed E-state index contributed by atoms with van der Waals surface area (Å²) in [5.74, 6) is 0. The zero-order valence-corrected chi connectivity index (χ0v) is 8.57. The summed E-state index contributed by atoms with van der Waals surface area (Å²) in [7, 11) is 0. The maximum absolute atomic E-state index is 11.7. The van der Waals surface area contributed by atoms with E-state index in [9.17, 15) is 13.2 Å². The summed E-state index contributed by atoms with van der Waals surface area (Å²) < 4.78 is 39.4. The lowest BCUT2D eigenvalue weighted by molar-refractivity contribution is -0.173. The second kappa shape index (κ2) is 5.43. The van der Waals surface area contributed by atoms with Crippen LogP contribution in [0.3, 0.4) is 0 Å². The molecule has 0 atom stereocenters. The number of alkyl halides is 3. The lowest BCUT2D eigenvalue weighted by Gasteiger charge is -2.05. The highest BCUT2D eigenvalue weighted by Crippen LogP contribution is 2.15. The number of aromatic nitrogens is 1. The van der Waals surface area contributed by atoms with Gasteiger partial charge in [0, 0.05) is 11.8 Å². The first-order chi connectivity index (χ1) is 7.01. The molecule has 0 bridgehead atoms. The monoisotopic (exact) mass is 241 g/mol. The topological polar surface area (TPSA) is 42.4 Å². The fraction of sp³-hybridized carbons (Fsp3) is 0.625. The quantitative estimate of drug-likeness (QED) is 0.799. The van der Waals surface area contributed by atoms with Crippen LogP contribution in [0.4, 0.5) is 13.2 Å². The number of aliphatic hydroxyl groups is 1. The van der Waals surface area contributed by atoms with Crippen molar-refractivity contribution in [1.82, 2.24) is 4.98 Å². The van der Waals surface area contributed by atoms with Crippen molar-refractivity contribution >= 4 is 11.3 Å². The van der Waals surface area contributed by atoms with Gasteiger partial charge in [0.25, 0.3) is 0 Å². The summed E-state index contributed by atoms with van der Waals surface area (Å²) in [6, 6.07) is 0. The molecule has 0 aliphatic carbocycles. The Kier molecular flexibility index (Phi) is 4.49. The summed E-state index contributed by atoms with van der Waals surface area (Å²) in [6.45, 7) is -1.40. The van der Waals surface area contributed by atoms with Gasteiger partial charge in [-0.25, -0.2) is 4.98 Å². The summed E-state index contributed by atoms with van der Waals surface area (Å²) in [5.41, 5.74) is 0.533. The van der Waals surface area contributed by atoms with Gasteiger partial charge in [0.2, 0.25) is 0 Å². The SMILES string of the molecule is OCc1csc(CCOCC(F)(F)F)n1. The van der Waals surface area contributed by atoms with E-state index in [-0.39, 0.29) is 13.2 Å². The van der Waals surface area contributed by atoms with Crippen molar-refractivity contribution in [3.05, 3.63) is 16.1 Å². The van der Waals surface area contributed by atoms with Crippen molar-refractivity contribution in [3.63, 3.8) is 0 Å². The molecule has 0 unspecified atom stereocenters. The molecule has 0 saturated carbocycles. The predicted octanol–water partition coefficient (Wildman–Crippen LogP) is 1.76. The van der Waals surface area contributed by atoms with Crippen molar-refractivity contribution in [2.45, 2.75) is 19.2 Å². The molecule has 1 heterocycles. The van der Waals surface area contributed by atoms with Gasteiger partial charge in [-0.2, -0.15) is 13.2 Å².